The third kappa shape index (κ3) is 4.67. The van der Waals surface area contributed by atoms with E-state index in [-0.39, 0.29) is 35.5 Å². The number of hydrogen-bond donors (Lipinski definition) is 1. The maximum absolute atomic E-state index is 13.3. The van der Waals surface area contributed by atoms with Crippen molar-refractivity contribution in [2.75, 3.05) is 12.4 Å². The van der Waals surface area contributed by atoms with E-state index in [1.54, 1.807) is 44.2 Å². The molecule has 0 aliphatic carbocycles. The minimum Gasteiger partial charge on any atom is -0.497 e. The zero-order valence-electron chi connectivity index (χ0n) is 18.3. The highest BCUT2D eigenvalue weighted by Crippen LogP contribution is 2.23. The summed E-state index contributed by atoms with van der Waals surface area (Å²) in [6, 6.07) is 14.3. The molecular weight excluding hydrogens is 427 g/mol. The number of benzene rings is 2. The van der Waals surface area contributed by atoms with Gasteiger partial charge in [-0.25, -0.2) is 4.39 Å². The van der Waals surface area contributed by atoms with Gasteiger partial charge in [0.25, 0.3) is 11.4 Å². The predicted octanol–water partition coefficient (Wildman–Crippen LogP) is 3.97. The van der Waals surface area contributed by atoms with Crippen LogP contribution in [0.25, 0.3) is 22.8 Å². The average Bonchev–Trinajstić information content (AvgIpc) is 3.26. The topological polar surface area (TPSA) is 99.2 Å². The SMILES string of the molecule is COc1cccc(NC(=O)Cn2c(C)cc(C)c(-c3nc(-c4ccc(F)cc4)no3)c2=O)c1. The van der Waals surface area contributed by atoms with Crippen molar-refractivity contribution < 1.29 is 18.4 Å². The fourth-order valence-corrected chi connectivity index (χ4v) is 3.47. The van der Waals surface area contributed by atoms with Gasteiger partial charge >= 0.3 is 0 Å². The molecule has 0 aliphatic rings. The molecule has 33 heavy (non-hydrogen) atoms. The van der Waals surface area contributed by atoms with Gasteiger partial charge in [-0.1, -0.05) is 11.2 Å². The van der Waals surface area contributed by atoms with Crippen LogP contribution in [0.1, 0.15) is 11.3 Å². The van der Waals surface area contributed by atoms with Crippen LogP contribution in [0.4, 0.5) is 10.1 Å². The predicted molar refractivity (Wildman–Crippen MR) is 120 cm³/mol. The van der Waals surface area contributed by atoms with Crippen molar-refractivity contribution in [1.82, 2.24) is 14.7 Å². The first-order valence-electron chi connectivity index (χ1n) is 10.1. The molecule has 2 aromatic carbocycles. The number of carbonyl (C=O) groups excluding carboxylic acids is 1. The van der Waals surface area contributed by atoms with Crippen LogP contribution < -0.4 is 15.6 Å². The number of hydrogen-bond acceptors (Lipinski definition) is 6. The third-order valence-corrected chi connectivity index (χ3v) is 5.10. The van der Waals surface area contributed by atoms with Crippen LogP contribution in [0.2, 0.25) is 0 Å². The van der Waals surface area contributed by atoms with Gasteiger partial charge in [-0.05, 0) is 61.9 Å². The number of methoxy groups -OCH3 is 1. The average molecular weight is 448 g/mol. The standard InChI is InChI=1S/C24H21FN4O4/c1-14-11-15(2)29(13-20(30)26-18-5-4-6-19(12-18)32-3)24(31)21(14)23-27-22(28-33-23)16-7-9-17(25)10-8-16/h4-12H,13H2,1-3H3,(H,26,30). The van der Waals surface area contributed by atoms with E-state index in [1.165, 1.54) is 35.9 Å². The Kier molecular flexibility index (Phi) is 6.03. The van der Waals surface area contributed by atoms with Crippen LogP contribution in [0.15, 0.2) is 63.9 Å². The van der Waals surface area contributed by atoms with E-state index in [0.29, 0.717) is 28.3 Å². The number of pyridine rings is 1. The molecule has 2 heterocycles. The van der Waals surface area contributed by atoms with Gasteiger partial charge in [-0.15, -0.1) is 0 Å². The zero-order chi connectivity index (χ0) is 23.5. The van der Waals surface area contributed by atoms with E-state index in [1.807, 2.05) is 0 Å². The smallest absolute Gasteiger partial charge is 0.264 e. The van der Waals surface area contributed by atoms with Crippen LogP contribution >= 0.6 is 0 Å². The van der Waals surface area contributed by atoms with E-state index >= 15 is 0 Å². The molecule has 1 N–H and O–H groups in total. The van der Waals surface area contributed by atoms with Crippen molar-refractivity contribution in [3.05, 3.63) is 82.0 Å². The molecule has 168 valence electrons. The summed E-state index contributed by atoms with van der Waals surface area (Å²) >= 11 is 0. The molecule has 0 radical (unpaired) electrons. The van der Waals surface area contributed by atoms with Crippen LogP contribution in [0.5, 0.6) is 5.75 Å². The Morgan fingerprint density at radius 3 is 2.64 bits per heavy atom. The van der Waals surface area contributed by atoms with Gasteiger partial charge < -0.3 is 19.1 Å². The molecule has 4 rings (SSSR count). The summed E-state index contributed by atoms with van der Waals surface area (Å²) in [7, 11) is 1.54. The number of ether oxygens (including phenoxy) is 1. The van der Waals surface area contributed by atoms with Gasteiger partial charge in [0, 0.05) is 23.0 Å². The number of anilines is 1. The van der Waals surface area contributed by atoms with Crippen LogP contribution in [0.3, 0.4) is 0 Å². The Labute approximate surface area is 188 Å². The number of nitrogens with one attached hydrogen (secondary N) is 1. The van der Waals surface area contributed by atoms with Crippen molar-refractivity contribution >= 4 is 11.6 Å². The second kappa shape index (κ2) is 9.07. The van der Waals surface area contributed by atoms with Crippen molar-refractivity contribution in [3.63, 3.8) is 0 Å². The summed E-state index contributed by atoms with van der Waals surface area (Å²) in [5.41, 5.74) is 2.13. The Morgan fingerprint density at radius 1 is 1.15 bits per heavy atom. The molecule has 0 saturated heterocycles. The summed E-state index contributed by atoms with van der Waals surface area (Å²) in [6.45, 7) is 3.30. The summed E-state index contributed by atoms with van der Waals surface area (Å²) in [5.74, 6) is 0.102. The van der Waals surface area contributed by atoms with Crippen LogP contribution in [-0.4, -0.2) is 27.7 Å². The minimum absolute atomic E-state index is 0.0266. The number of amides is 1. The Balaban J connectivity index is 1.63. The summed E-state index contributed by atoms with van der Waals surface area (Å²) in [4.78, 5) is 30.2. The highest BCUT2D eigenvalue weighted by atomic mass is 19.1. The summed E-state index contributed by atoms with van der Waals surface area (Å²) in [5, 5.41) is 6.67. The fourth-order valence-electron chi connectivity index (χ4n) is 3.47. The van der Waals surface area contributed by atoms with Crippen molar-refractivity contribution in [3.8, 4) is 28.6 Å². The second-order valence-corrected chi connectivity index (χ2v) is 7.45. The molecule has 9 heteroatoms. The first-order chi connectivity index (χ1) is 15.9. The maximum atomic E-state index is 13.3. The lowest BCUT2D eigenvalue weighted by atomic mass is 10.1. The van der Waals surface area contributed by atoms with Crippen LogP contribution in [-0.2, 0) is 11.3 Å². The molecule has 0 fully saturated rings. The third-order valence-electron chi connectivity index (χ3n) is 5.10. The van der Waals surface area contributed by atoms with E-state index in [2.05, 4.69) is 15.5 Å². The van der Waals surface area contributed by atoms with Crippen molar-refractivity contribution in [2.45, 2.75) is 20.4 Å². The fraction of sp³-hybridized carbons (Fsp3) is 0.167. The summed E-state index contributed by atoms with van der Waals surface area (Å²) < 4.78 is 25.0. The summed E-state index contributed by atoms with van der Waals surface area (Å²) in [6.07, 6.45) is 0. The van der Waals surface area contributed by atoms with Gasteiger partial charge in [-0.3, -0.25) is 9.59 Å². The number of halogens is 1. The molecule has 1 amide bonds. The minimum atomic E-state index is -0.428. The highest BCUT2D eigenvalue weighted by Gasteiger charge is 2.20. The lowest BCUT2D eigenvalue weighted by Crippen LogP contribution is -2.30. The highest BCUT2D eigenvalue weighted by molar-refractivity contribution is 5.90. The Hall–Kier alpha value is -4.27. The van der Waals surface area contributed by atoms with Gasteiger partial charge in [0.15, 0.2) is 0 Å². The number of carbonyl (C=O) groups is 1. The lowest BCUT2D eigenvalue weighted by Gasteiger charge is -2.13. The first kappa shape index (κ1) is 21.9. The number of rotatable bonds is 6. The quantitative estimate of drug-likeness (QED) is 0.479. The first-order valence-corrected chi connectivity index (χ1v) is 10.1. The molecule has 8 nitrogen and oxygen atoms in total. The largest absolute Gasteiger partial charge is 0.497 e. The zero-order valence-corrected chi connectivity index (χ0v) is 18.3. The van der Waals surface area contributed by atoms with E-state index in [4.69, 9.17) is 9.26 Å². The molecule has 0 spiro atoms. The molecule has 0 bridgehead atoms. The monoisotopic (exact) mass is 448 g/mol. The maximum Gasteiger partial charge on any atom is 0.264 e. The van der Waals surface area contributed by atoms with Gasteiger partial charge in [0.05, 0.1) is 7.11 Å². The van der Waals surface area contributed by atoms with Crippen LogP contribution in [0, 0.1) is 19.7 Å². The molecule has 0 aliphatic heterocycles. The molecule has 2 aromatic heterocycles. The van der Waals surface area contributed by atoms with E-state index < -0.39 is 5.56 Å². The second-order valence-electron chi connectivity index (χ2n) is 7.45. The number of aromatic nitrogens is 3. The molecule has 0 unspecified atom stereocenters. The Morgan fingerprint density at radius 2 is 1.91 bits per heavy atom. The number of nitrogens with zero attached hydrogens (tertiary/aromatic N) is 3. The van der Waals surface area contributed by atoms with Crippen molar-refractivity contribution in [1.29, 1.82) is 0 Å². The molecular formula is C24H21FN4O4. The Bertz CT molecular complexity index is 1380. The number of aryl methyl sites for hydroxylation is 2. The molecule has 0 atom stereocenters. The van der Waals surface area contributed by atoms with Gasteiger partial charge in [0.1, 0.15) is 23.7 Å². The van der Waals surface area contributed by atoms with Crippen molar-refractivity contribution in [2.24, 2.45) is 0 Å². The molecule has 0 saturated carbocycles. The van der Waals surface area contributed by atoms with Gasteiger partial charge in [-0.2, -0.15) is 4.98 Å². The van der Waals surface area contributed by atoms with Gasteiger partial charge in [0.2, 0.25) is 11.7 Å². The van der Waals surface area contributed by atoms with E-state index in [9.17, 15) is 14.0 Å². The lowest BCUT2D eigenvalue weighted by molar-refractivity contribution is -0.116. The molecule has 4 aromatic rings. The van der Waals surface area contributed by atoms with E-state index in [0.717, 1.165) is 0 Å². The normalized spacial score (nSPS) is 10.8.